The summed E-state index contributed by atoms with van der Waals surface area (Å²) in [6.45, 7) is 8.42. The maximum atomic E-state index is 2.64. The van der Waals surface area contributed by atoms with Crippen molar-refractivity contribution in [1.82, 2.24) is 4.90 Å². The highest BCUT2D eigenvalue weighted by atomic mass is 28.1. The van der Waals surface area contributed by atoms with Crippen molar-refractivity contribution in [1.29, 1.82) is 0 Å². The summed E-state index contributed by atoms with van der Waals surface area (Å²) < 4.78 is 0. The van der Waals surface area contributed by atoms with Gasteiger partial charge in [-0.05, 0) is 39.8 Å². The molecule has 0 aromatic carbocycles. The van der Waals surface area contributed by atoms with Crippen molar-refractivity contribution in [2.45, 2.75) is 39.5 Å². The van der Waals surface area contributed by atoms with Gasteiger partial charge in [0, 0.05) is 16.8 Å². The van der Waals surface area contributed by atoms with Crippen LogP contribution in [0.4, 0.5) is 0 Å². The third-order valence-electron chi connectivity index (χ3n) is 3.01. The van der Waals surface area contributed by atoms with Crippen molar-refractivity contribution in [3.63, 3.8) is 0 Å². The molecular weight excluding hydrogens is 174 g/mol. The first-order valence-electron chi connectivity index (χ1n) is 5.55. The maximum absolute atomic E-state index is 2.64. The van der Waals surface area contributed by atoms with Gasteiger partial charge < -0.3 is 0 Å². The summed E-state index contributed by atoms with van der Waals surface area (Å²) >= 11 is 0. The van der Waals surface area contributed by atoms with Gasteiger partial charge in [-0.25, -0.2) is 0 Å². The van der Waals surface area contributed by atoms with E-state index in [1.807, 2.05) is 0 Å². The molecule has 1 nitrogen and oxygen atoms in total. The zero-order chi connectivity index (χ0) is 9.68. The lowest BCUT2D eigenvalue weighted by Gasteiger charge is -2.20. The quantitative estimate of drug-likeness (QED) is 0.607. The molecule has 0 saturated carbocycles. The third-order valence-corrected chi connectivity index (χ3v) is 4.33. The Labute approximate surface area is 85.6 Å². The van der Waals surface area contributed by atoms with Crippen LogP contribution >= 0.6 is 0 Å². The first-order chi connectivity index (χ1) is 6.20. The normalized spacial score (nSPS) is 19.8. The predicted octanol–water partition coefficient (Wildman–Crippen LogP) is 1.52. The molecule has 1 aliphatic rings. The first-order valence-corrected chi connectivity index (χ1v) is 6.55. The molecule has 76 valence electrons. The van der Waals surface area contributed by atoms with Crippen molar-refractivity contribution < 1.29 is 0 Å². The van der Waals surface area contributed by atoms with E-state index in [2.05, 4.69) is 18.7 Å². The number of likely N-dealkylation sites (tertiary alicyclic amines) is 1. The number of hydrogen-bond acceptors (Lipinski definition) is 1. The fourth-order valence-electron chi connectivity index (χ4n) is 1.79. The Bertz CT molecular complexity index is 175. The smallest absolute Gasteiger partial charge is 0.0349 e. The second-order valence-corrected chi connectivity index (χ2v) is 5.68. The Kier molecular flexibility index (Phi) is 4.74. The van der Waals surface area contributed by atoms with Gasteiger partial charge in [-0.15, -0.1) is 0 Å². The number of allylic oxidation sites excluding steroid dienone is 1. The molecule has 0 amide bonds. The zero-order valence-corrected chi connectivity index (χ0v) is 11.4. The molecule has 1 rings (SSSR count). The van der Waals surface area contributed by atoms with Gasteiger partial charge in [-0.3, -0.25) is 4.90 Å². The van der Waals surface area contributed by atoms with E-state index in [1.165, 1.54) is 55.6 Å². The van der Waals surface area contributed by atoms with E-state index in [0.717, 1.165) is 0 Å². The van der Waals surface area contributed by atoms with E-state index in [-0.39, 0.29) is 0 Å². The van der Waals surface area contributed by atoms with Gasteiger partial charge in [0.2, 0.25) is 0 Å². The minimum absolute atomic E-state index is 1.24. The van der Waals surface area contributed by atoms with Crippen LogP contribution in [0.15, 0.2) is 10.8 Å². The van der Waals surface area contributed by atoms with Crippen LogP contribution in [0.2, 0.25) is 0 Å². The first kappa shape index (κ1) is 11.0. The summed E-state index contributed by atoms with van der Waals surface area (Å²) in [6.07, 6.45) is 5.72. The molecule has 0 unspecified atom stereocenters. The fraction of sp³-hybridized carbons (Fsp3) is 0.818. The fourth-order valence-corrected chi connectivity index (χ4v) is 2.24. The van der Waals surface area contributed by atoms with E-state index in [4.69, 9.17) is 0 Å². The van der Waals surface area contributed by atoms with E-state index in [0.29, 0.717) is 0 Å². The molecule has 0 aromatic heterocycles. The van der Waals surface area contributed by atoms with Crippen LogP contribution in [0.5, 0.6) is 0 Å². The summed E-state index contributed by atoms with van der Waals surface area (Å²) in [7, 11) is 1.24. The molecule has 0 N–H and O–H groups in total. The summed E-state index contributed by atoms with van der Waals surface area (Å²) in [5.41, 5.74) is 1.55. The molecule has 1 saturated heterocycles. The van der Waals surface area contributed by atoms with Gasteiger partial charge >= 0.3 is 0 Å². The highest BCUT2D eigenvalue weighted by Crippen LogP contribution is 2.11. The van der Waals surface area contributed by atoms with E-state index in [9.17, 15) is 0 Å². The van der Waals surface area contributed by atoms with Crippen LogP contribution in [0.25, 0.3) is 0 Å². The predicted molar refractivity (Wildman–Crippen MR) is 63.2 cm³/mol. The van der Waals surface area contributed by atoms with Gasteiger partial charge in [0.15, 0.2) is 0 Å². The Hall–Kier alpha value is -0.0831. The second-order valence-electron chi connectivity index (χ2n) is 4.47. The number of nitrogens with zero attached hydrogens (tertiary/aromatic N) is 1. The van der Waals surface area contributed by atoms with Crippen LogP contribution in [0, 0.1) is 0 Å². The Morgan fingerprint density at radius 2 is 1.62 bits per heavy atom. The van der Waals surface area contributed by atoms with Crippen molar-refractivity contribution in [2.75, 3.05) is 19.6 Å². The average molecular weight is 197 g/mol. The minimum atomic E-state index is 1.24. The molecule has 1 aliphatic heterocycles. The Balaban J connectivity index is 2.38. The molecule has 0 bridgehead atoms. The van der Waals surface area contributed by atoms with Crippen LogP contribution in [-0.4, -0.2) is 34.8 Å². The second kappa shape index (κ2) is 5.61. The van der Waals surface area contributed by atoms with Gasteiger partial charge in [-0.1, -0.05) is 23.6 Å². The summed E-state index contributed by atoms with van der Waals surface area (Å²) in [6, 6.07) is 0. The topological polar surface area (TPSA) is 3.24 Å². The minimum Gasteiger partial charge on any atom is -0.300 e. The van der Waals surface area contributed by atoms with Crippen LogP contribution in [0.1, 0.15) is 39.5 Å². The summed E-state index contributed by atoms with van der Waals surface area (Å²) in [5, 5.41) is 1.70. The number of rotatable bonds is 2. The standard InChI is InChI=1S/C11H23NSi/c1-10(2)11(13)9-12-7-5-3-4-6-8-12/h3-9H2,1-2,13H3. The molecule has 1 fully saturated rings. The lowest BCUT2D eigenvalue weighted by atomic mass is 10.2. The molecule has 13 heavy (non-hydrogen) atoms. The number of hydrogen-bond donors (Lipinski definition) is 0. The Morgan fingerprint density at radius 3 is 2.08 bits per heavy atom. The monoisotopic (exact) mass is 197 g/mol. The molecule has 0 atom stereocenters. The summed E-state index contributed by atoms with van der Waals surface area (Å²) in [5.74, 6) is 0. The third kappa shape index (κ3) is 4.10. The van der Waals surface area contributed by atoms with Crippen molar-refractivity contribution in [2.24, 2.45) is 0 Å². The van der Waals surface area contributed by atoms with Crippen molar-refractivity contribution in [3.05, 3.63) is 10.8 Å². The molecule has 2 heteroatoms. The highest BCUT2D eigenvalue weighted by molar-refractivity contribution is 6.22. The molecule has 0 aliphatic carbocycles. The zero-order valence-electron chi connectivity index (χ0n) is 9.40. The van der Waals surface area contributed by atoms with E-state index in [1.54, 1.807) is 10.8 Å². The lowest BCUT2D eigenvalue weighted by molar-refractivity contribution is 0.313. The van der Waals surface area contributed by atoms with Gasteiger partial charge in [0.25, 0.3) is 0 Å². The largest absolute Gasteiger partial charge is 0.300 e. The molecule has 0 spiro atoms. The van der Waals surface area contributed by atoms with Crippen molar-refractivity contribution >= 4 is 10.2 Å². The van der Waals surface area contributed by atoms with Gasteiger partial charge in [0.05, 0.1) is 0 Å². The highest BCUT2D eigenvalue weighted by Gasteiger charge is 2.08. The molecule has 1 heterocycles. The van der Waals surface area contributed by atoms with Crippen LogP contribution < -0.4 is 0 Å². The Morgan fingerprint density at radius 1 is 1.08 bits per heavy atom. The molecule has 0 radical (unpaired) electrons. The van der Waals surface area contributed by atoms with Crippen LogP contribution in [0.3, 0.4) is 0 Å². The van der Waals surface area contributed by atoms with Gasteiger partial charge in [-0.2, -0.15) is 0 Å². The molecular formula is C11H23NSi. The van der Waals surface area contributed by atoms with Gasteiger partial charge in [0.1, 0.15) is 0 Å². The lowest BCUT2D eigenvalue weighted by Crippen LogP contribution is -2.27. The van der Waals surface area contributed by atoms with Crippen LogP contribution in [-0.2, 0) is 0 Å². The maximum Gasteiger partial charge on any atom is 0.0349 e. The summed E-state index contributed by atoms with van der Waals surface area (Å²) in [4.78, 5) is 2.64. The SMILES string of the molecule is CC(C)=C([SiH3])CN1CCCCCC1. The molecule has 0 aromatic rings. The van der Waals surface area contributed by atoms with E-state index < -0.39 is 0 Å². The van der Waals surface area contributed by atoms with E-state index >= 15 is 0 Å². The van der Waals surface area contributed by atoms with Crippen molar-refractivity contribution in [3.8, 4) is 0 Å². The average Bonchev–Trinajstić information content (AvgIpc) is 2.32.